The average Bonchev–Trinajstić information content (AvgIpc) is 3.18. The number of aromatic nitrogens is 2. The van der Waals surface area contributed by atoms with Crippen molar-refractivity contribution in [3.8, 4) is 0 Å². The number of hydrogen-bond donors (Lipinski definition) is 1. The lowest BCUT2D eigenvalue weighted by Crippen LogP contribution is -2.54. The van der Waals surface area contributed by atoms with E-state index in [1.807, 2.05) is 13.8 Å². The minimum Gasteiger partial charge on any atom is -0.273 e. The molecule has 0 unspecified atom stereocenters. The van der Waals surface area contributed by atoms with Crippen molar-refractivity contribution in [2.75, 3.05) is 4.90 Å². The van der Waals surface area contributed by atoms with E-state index < -0.39 is 22.8 Å². The van der Waals surface area contributed by atoms with E-state index in [1.165, 1.54) is 29.5 Å². The van der Waals surface area contributed by atoms with Crippen LogP contribution in [0.25, 0.3) is 6.08 Å². The first-order chi connectivity index (χ1) is 16.1. The van der Waals surface area contributed by atoms with Crippen LogP contribution in [0.15, 0.2) is 51.2 Å². The number of hydrogen-bond acceptors (Lipinski definition) is 9. The molecule has 3 aromatic rings. The molecule has 0 aliphatic carbocycles. The van der Waals surface area contributed by atoms with Gasteiger partial charge in [0.05, 0.1) is 15.5 Å². The SMILES string of the molecule is Cc1nnc(Sc2ccc(/C=C3\C(=O)NC(=O)N(c4ccc(C)c(C)c4)C3=O)cc2[N+](=O)[O-])s1. The molecule has 2 heterocycles. The van der Waals surface area contributed by atoms with E-state index in [0.717, 1.165) is 32.8 Å². The Bertz CT molecular complexity index is 1400. The highest BCUT2D eigenvalue weighted by Crippen LogP contribution is 2.37. The van der Waals surface area contributed by atoms with Crippen LogP contribution >= 0.6 is 23.1 Å². The fourth-order valence-corrected chi connectivity index (χ4v) is 5.05. The van der Waals surface area contributed by atoms with E-state index in [-0.39, 0.29) is 16.8 Å². The van der Waals surface area contributed by atoms with Crippen molar-refractivity contribution < 1.29 is 19.3 Å². The normalized spacial score (nSPS) is 15.1. The molecule has 1 saturated heterocycles. The second-order valence-electron chi connectivity index (χ2n) is 7.40. The molecule has 0 spiro atoms. The molecule has 172 valence electrons. The van der Waals surface area contributed by atoms with Gasteiger partial charge in [0.1, 0.15) is 10.6 Å². The van der Waals surface area contributed by atoms with Crippen LogP contribution in [0, 0.1) is 30.9 Å². The summed E-state index contributed by atoms with van der Waals surface area (Å²) in [6.07, 6.45) is 1.23. The third kappa shape index (κ3) is 4.58. The Balaban J connectivity index is 1.70. The summed E-state index contributed by atoms with van der Waals surface area (Å²) >= 11 is 2.41. The van der Waals surface area contributed by atoms with Crippen LogP contribution in [0.5, 0.6) is 0 Å². The van der Waals surface area contributed by atoms with E-state index in [2.05, 4.69) is 15.5 Å². The molecule has 1 fully saturated rings. The van der Waals surface area contributed by atoms with Crippen molar-refractivity contribution in [1.29, 1.82) is 0 Å². The highest BCUT2D eigenvalue weighted by Gasteiger charge is 2.37. The van der Waals surface area contributed by atoms with Gasteiger partial charge in [-0.25, -0.2) is 9.69 Å². The number of barbiturate groups is 1. The number of nitro benzene ring substituents is 1. The van der Waals surface area contributed by atoms with Gasteiger partial charge in [0.25, 0.3) is 17.5 Å². The molecule has 0 radical (unpaired) electrons. The van der Waals surface area contributed by atoms with Gasteiger partial charge in [-0.15, -0.1) is 10.2 Å². The van der Waals surface area contributed by atoms with Gasteiger partial charge in [-0.05, 0) is 61.7 Å². The van der Waals surface area contributed by atoms with Crippen LogP contribution in [-0.4, -0.2) is 33.0 Å². The maximum Gasteiger partial charge on any atom is 0.335 e. The number of rotatable bonds is 5. The Morgan fingerprint density at radius 2 is 1.82 bits per heavy atom. The molecular weight excluding hydrogens is 478 g/mol. The number of anilines is 1. The molecular formula is C22H17N5O5S2. The molecule has 34 heavy (non-hydrogen) atoms. The van der Waals surface area contributed by atoms with Gasteiger partial charge in [0, 0.05) is 6.07 Å². The lowest BCUT2D eigenvalue weighted by Gasteiger charge is -2.26. The van der Waals surface area contributed by atoms with Crippen molar-refractivity contribution in [1.82, 2.24) is 15.5 Å². The lowest BCUT2D eigenvalue weighted by atomic mass is 10.0. The fourth-order valence-electron chi connectivity index (χ4n) is 3.19. The van der Waals surface area contributed by atoms with E-state index in [9.17, 15) is 24.5 Å². The van der Waals surface area contributed by atoms with Gasteiger partial charge >= 0.3 is 6.03 Å². The first-order valence-electron chi connectivity index (χ1n) is 9.89. The number of nitrogens with zero attached hydrogens (tertiary/aromatic N) is 4. The second kappa shape index (κ2) is 9.15. The van der Waals surface area contributed by atoms with Crippen molar-refractivity contribution in [3.05, 3.63) is 73.8 Å². The fraction of sp³-hybridized carbons (Fsp3) is 0.136. The number of imide groups is 2. The zero-order chi connectivity index (χ0) is 24.6. The Morgan fingerprint density at radius 1 is 1.06 bits per heavy atom. The van der Waals surface area contributed by atoms with Gasteiger partial charge in [-0.2, -0.15) is 0 Å². The largest absolute Gasteiger partial charge is 0.335 e. The predicted octanol–water partition coefficient (Wildman–Crippen LogP) is 4.19. The standard InChI is InChI=1S/C22H17N5O5S2/c1-11-4-6-15(8-12(11)2)26-20(29)16(19(28)23-21(26)30)9-14-5-7-18(17(10-14)27(31)32)34-22-25-24-13(3)33-22/h4-10H,1-3H3,(H,23,28,30)/b16-9+. The third-order valence-corrected chi connectivity index (χ3v) is 7.00. The molecule has 12 heteroatoms. The van der Waals surface area contributed by atoms with Crippen LogP contribution in [0.3, 0.4) is 0 Å². The van der Waals surface area contributed by atoms with E-state index >= 15 is 0 Å². The third-order valence-electron chi connectivity index (χ3n) is 5.05. The molecule has 1 aliphatic heterocycles. The Labute approximate surface area is 201 Å². The zero-order valence-corrected chi connectivity index (χ0v) is 19.8. The Kier molecular flexibility index (Phi) is 6.26. The summed E-state index contributed by atoms with van der Waals surface area (Å²) in [6, 6.07) is 8.52. The van der Waals surface area contributed by atoms with Crippen LogP contribution in [0.4, 0.5) is 16.2 Å². The molecule has 4 rings (SSSR count). The van der Waals surface area contributed by atoms with Crippen molar-refractivity contribution in [3.63, 3.8) is 0 Å². The van der Waals surface area contributed by atoms with E-state index in [0.29, 0.717) is 14.9 Å². The Morgan fingerprint density at radius 3 is 2.47 bits per heavy atom. The van der Waals surface area contributed by atoms with Crippen LogP contribution in [0.2, 0.25) is 0 Å². The van der Waals surface area contributed by atoms with Gasteiger partial charge in [-0.1, -0.05) is 35.2 Å². The number of amides is 4. The van der Waals surface area contributed by atoms with Gasteiger partial charge < -0.3 is 0 Å². The number of carbonyl (C=O) groups excluding carboxylic acids is 3. The van der Waals surface area contributed by atoms with E-state index in [4.69, 9.17) is 0 Å². The number of urea groups is 1. The van der Waals surface area contributed by atoms with Gasteiger partial charge in [0.2, 0.25) is 0 Å². The maximum absolute atomic E-state index is 13.1. The van der Waals surface area contributed by atoms with Crippen LogP contribution < -0.4 is 10.2 Å². The minimum absolute atomic E-state index is 0.210. The van der Waals surface area contributed by atoms with Gasteiger partial charge in [-0.3, -0.25) is 25.0 Å². The van der Waals surface area contributed by atoms with Crippen molar-refractivity contribution >= 4 is 58.4 Å². The van der Waals surface area contributed by atoms with Crippen molar-refractivity contribution in [2.24, 2.45) is 0 Å². The highest BCUT2D eigenvalue weighted by atomic mass is 32.2. The summed E-state index contributed by atoms with van der Waals surface area (Å²) < 4.78 is 0.552. The number of carbonyl (C=O) groups is 3. The molecule has 10 nitrogen and oxygen atoms in total. The summed E-state index contributed by atoms with van der Waals surface area (Å²) in [4.78, 5) is 50.3. The summed E-state index contributed by atoms with van der Waals surface area (Å²) in [7, 11) is 0. The predicted molar refractivity (Wildman–Crippen MR) is 127 cm³/mol. The molecule has 0 atom stereocenters. The van der Waals surface area contributed by atoms with Gasteiger partial charge in [0.15, 0.2) is 4.34 Å². The number of nitro groups is 1. The first kappa shape index (κ1) is 23.3. The smallest absolute Gasteiger partial charge is 0.273 e. The second-order valence-corrected chi connectivity index (χ2v) is 9.87. The number of aryl methyl sites for hydroxylation is 3. The summed E-state index contributed by atoms with van der Waals surface area (Å²) in [5, 5.41) is 22.4. The number of nitrogens with one attached hydrogen (secondary N) is 1. The lowest BCUT2D eigenvalue weighted by molar-refractivity contribution is -0.387. The molecule has 1 N–H and O–H groups in total. The zero-order valence-electron chi connectivity index (χ0n) is 18.2. The van der Waals surface area contributed by atoms with E-state index in [1.54, 1.807) is 31.2 Å². The minimum atomic E-state index is -0.875. The monoisotopic (exact) mass is 495 g/mol. The summed E-state index contributed by atoms with van der Waals surface area (Å²) in [6.45, 7) is 5.52. The summed E-state index contributed by atoms with van der Waals surface area (Å²) in [5.74, 6) is -1.69. The quantitative estimate of drug-likeness (QED) is 0.241. The topological polar surface area (TPSA) is 135 Å². The first-order valence-corrected chi connectivity index (χ1v) is 11.5. The Hall–Kier alpha value is -3.90. The molecule has 1 aromatic heterocycles. The maximum atomic E-state index is 13.1. The number of benzene rings is 2. The average molecular weight is 496 g/mol. The molecule has 1 aliphatic rings. The molecule has 0 bridgehead atoms. The molecule has 0 saturated carbocycles. The highest BCUT2D eigenvalue weighted by molar-refractivity contribution is 8.01. The molecule has 4 amide bonds. The van der Waals surface area contributed by atoms with Crippen LogP contribution in [-0.2, 0) is 9.59 Å². The van der Waals surface area contributed by atoms with Crippen LogP contribution in [0.1, 0.15) is 21.7 Å². The van der Waals surface area contributed by atoms with Crippen molar-refractivity contribution in [2.45, 2.75) is 30.0 Å². The molecule has 2 aromatic carbocycles. The summed E-state index contributed by atoms with van der Waals surface area (Å²) in [5.41, 5.74) is 1.90.